The molecule has 4 aromatic carbocycles. The van der Waals surface area contributed by atoms with Crippen LogP contribution in [0.4, 0.5) is 32.3 Å². The molecule has 0 heterocycles. The van der Waals surface area contributed by atoms with Crippen molar-refractivity contribution in [3.8, 4) is 0 Å². The average Bonchev–Trinajstić information content (AvgIpc) is 3.13. The third-order valence-corrected chi connectivity index (χ3v) is 8.20. The second-order valence-corrected chi connectivity index (χ2v) is 12.1. The van der Waals surface area contributed by atoms with Gasteiger partial charge in [-0.3, -0.25) is 24.7 Å². The van der Waals surface area contributed by atoms with E-state index in [0.29, 0.717) is 24.3 Å². The number of nitrogens with zero attached hydrogens (tertiary/aromatic N) is 2. The number of unbranched alkanes of at least 4 members (excludes halogenated alkanes) is 6. The summed E-state index contributed by atoms with van der Waals surface area (Å²) in [6, 6.07) is 36.3. The normalized spacial score (nSPS) is 10.6. The lowest BCUT2D eigenvalue weighted by atomic mass is 10.0. The number of carbonyl (C=O) groups excluding carboxylic acids is 4. The maximum absolute atomic E-state index is 13.1. The Balaban J connectivity index is 0.989. The van der Waals surface area contributed by atoms with Crippen LogP contribution < -0.4 is 25.8 Å². The molecule has 0 aromatic heterocycles. The van der Waals surface area contributed by atoms with Gasteiger partial charge in [-0.1, -0.05) is 105 Å². The average molecular weight is 676 g/mol. The number of carbonyl (C=O) groups is 4. The Morgan fingerprint density at radius 2 is 0.880 bits per heavy atom. The fraction of sp³-hybridized carbons (Fsp3) is 0.317. The molecule has 5 amide bonds. The van der Waals surface area contributed by atoms with Crippen LogP contribution in [-0.2, 0) is 9.59 Å². The number of Topliss-reactive ketones (excluding diaryl/α,β-unsaturated/α-hetero) is 1. The van der Waals surface area contributed by atoms with Crippen molar-refractivity contribution in [1.82, 2.24) is 16.0 Å². The van der Waals surface area contributed by atoms with Crippen LogP contribution >= 0.6 is 0 Å². The highest BCUT2D eigenvalue weighted by molar-refractivity contribution is 6.09. The summed E-state index contributed by atoms with van der Waals surface area (Å²) in [7, 11) is 0. The molecule has 9 nitrogen and oxygen atoms in total. The highest BCUT2D eigenvalue weighted by atomic mass is 16.2. The SMILES string of the molecule is O=C(CCCCCCCCCNCCCNC(=O)NC(=O)N(c1ccccc1)c1ccccc1)CC(=O)N(c1ccccc1)c1ccccc1. The molecule has 0 unspecified atom stereocenters. The molecule has 0 bridgehead atoms. The summed E-state index contributed by atoms with van der Waals surface area (Å²) < 4.78 is 0. The molecule has 4 rings (SSSR count). The topological polar surface area (TPSA) is 111 Å². The lowest BCUT2D eigenvalue weighted by Gasteiger charge is -2.23. The second kappa shape index (κ2) is 21.6. The molecule has 9 heteroatoms. The standard InChI is InChI=1S/C41H49N5O4/c47-38(33-39(48)45(34-21-10-6-11-22-34)35-23-12-7-13-24-35)29-18-4-2-1-3-5-19-30-42-31-20-32-43-40(49)44-41(50)46(36-25-14-8-15-26-36)37-27-16-9-17-28-37/h6-17,21-28,42H,1-5,18-20,29-33H2,(H2,43,44,49,50). The van der Waals surface area contributed by atoms with Crippen molar-refractivity contribution in [2.75, 3.05) is 29.4 Å². The number of anilines is 4. The molecule has 3 N–H and O–H groups in total. The highest BCUT2D eigenvalue weighted by Crippen LogP contribution is 2.27. The molecular formula is C41H49N5O4. The summed E-state index contributed by atoms with van der Waals surface area (Å²) in [6.07, 6.45) is 8.46. The van der Waals surface area contributed by atoms with E-state index in [9.17, 15) is 19.2 Å². The molecule has 0 radical (unpaired) electrons. The number of para-hydroxylation sites is 4. The van der Waals surface area contributed by atoms with Gasteiger partial charge in [0.15, 0.2) is 0 Å². The number of urea groups is 2. The van der Waals surface area contributed by atoms with E-state index in [0.717, 1.165) is 75.8 Å². The zero-order chi connectivity index (χ0) is 35.2. The van der Waals surface area contributed by atoms with Crippen molar-refractivity contribution in [2.45, 2.75) is 64.2 Å². The predicted octanol–water partition coefficient (Wildman–Crippen LogP) is 8.67. The van der Waals surface area contributed by atoms with Crippen LogP contribution in [0.3, 0.4) is 0 Å². The number of ketones is 1. The van der Waals surface area contributed by atoms with E-state index >= 15 is 0 Å². The van der Waals surface area contributed by atoms with E-state index in [-0.39, 0.29) is 18.1 Å². The molecule has 0 saturated heterocycles. The van der Waals surface area contributed by atoms with Crippen LogP contribution in [0.5, 0.6) is 0 Å². The van der Waals surface area contributed by atoms with Crippen LogP contribution in [0.2, 0.25) is 0 Å². The van der Waals surface area contributed by atoms with E-state index in [4.69, 9.17) is 0 Å². The Morgan fingerprint density at radius 3 is 1.38 bits per heavy atom. The lowest BCUT2D eigenvalue weighted by molar-refractivity contribution is -0.126. The van der Waals surface area contributed by atoms with E-state index in [1.54, 1.807) is 4.90 Å². The van der Waals surface area contributed by atoms with Gasteiger partial charge in [0.2, 0.25) is 5.91 Å². The number of amides is 5. The van der Waals surface area contributed by atoms with Gasteiger partial charge in [0.1, 0.15) is 5.78 Å². The summed E-state index contributed by atoms with van der Waals surface area (Å²) in [5, 5.41) is 8.61. The first-order valence-corrected chi connectivity index (χ1v) is 17.7. The van der Waals surface area contributed by atoms with Crippen molar-refractivity contribution in [3.05, 3.63) is 121 Å². The summed E-state index contributed by atoms with van der Waals surface area (Å²) in [6.45, 7) is 2.15. The Kier molecular flexibility index (Phi) is 16.2. The summed E-state index contributed by atoms with van der Waals surface area (Å²) in [5.41, 5.74) is 2.85. The maximum Gasteiger partial charge on any atom is 0.334 e. The molecule has 0 aliphatic carbocycles. The number of imide groups is 1. The third-order valence-electron chi connectivity index (χ3n) is 8.20. The summed E-state index contributed by atoms with van der Waals surface area (Å²) in [5.74, 6) is -0.218. The van der Waals surface area contributed by atoms with E-state index in [1.807, 2.05) is 121 Å². The van der Waals surface area contributed by atoms with Crippen LogP contribution in [0.25, 0.3) is 0 Å². The minimum Gasteiger partial charge on any atom is -0.338 e. The van der Waals surface area contributed by atoms with Crippen LogP contribution in [0.1, 0.15) is 64.2 Å². The lowest BCUT2D eigenvalue weighted by Crippen LogP contribution is -2.45. The molecule has 0 fully saturated rings. The Morgan fingerprint density at radius 1 is 0.460 bits per heavy atom. The van der Waals surface area contributed by atoms with Gasteiger partial charge in [-0.2, -0.15) is 0 Å². The zero-order valence-corrected chi connectivity index (χ0v) is 28.8. The number of hydrogen-bond acceptors (Lipinski definition) is 5. The Hall–Kier alpha value is -5.28. The van der Waals surface area contributed by atoms with Crippen LogP contribution in [0, 0.1) is 0 Å². The predicted molar refractivity (Wildman–Crippen MR) is 201 cm³/mol. The zero-order valence-electron chi connectivity index (χ0n) is 28.8. The minimum absolute atomic E-state index is 0.0139. The number of benzene rings is 4. The second-order valence-electron chi connectivity index (χ2n) is 12.1. The Bertz CT molecular complexity index is 1390. The maximum atomic E-state index is 13.1. The van der Waals surface area contributed by atoms with E-state index in [1.165, 1.54) is 4.90 Å². The molecule has 50 heavy (non-hydrogen) atoms. The monoisotopic (exact) mass is 675 g/mol. The smallest absolute Gasteiger partial charge is 0.334 e. The van der Waals surface area contributed by atoms with Gasteiger partial charge in [0.05, 0.1) is 17.8 Å². The largest absolute Gasteiger partial charge is 0.338 e. The molecule has 0 aliphatic heterocycles. The molecule has 0 spiro atoms. The quantitative estimate of drug-likeness (QED) is 0.0642. The molecule has 262 valence electrons. The van der Waals surface area contributed by atoms with Gasteiger partial charge in [-0.15, -0.1) is 0 Å². The molecular weight excluding hydrogens is 626 g/mol. The Labute approximate surface area is 296 Å². The van der Waals surface area contributed by atoms with Crippen molar-refractivity contribution >= 4 is 46.5 Å². The van der Waals surface area contributed by atoms with Gasteiger partial charge >= 0.3 is 12.1 Å². The first kappa shape index (κ1) is 37.5. The summed E-state index contributed by atoms with van der Waals surface area (Å²) >= 11 is 0. The van der Waals surface area contributed by atoms with Crippen LogP contribution in [-0.4, -0.2) is 43.4 Å². The summed E-state index contributed by atoms with van der Waals surface area (Å²) in [4.78, 5) is 54.2. The number of nitrogens with one attached hydrogen (secondary N) is 3. The van der Waals surface area contributed by atoms with Crippen molar-refractivity contribution < 1.29 is 19.2 Å². The van der Waals surface area contributed by atoms with Gasteiger partial charge in [-0.05, 0) is 80.9 Å². The molecule has 4 aromatic rings. The third kappa shape index (κ3) is 13.0. The van der Waals surface area contributed by atoms with Crippen molar-refractivity contribution in [3.63, 3.8) is 0 Å². The molecule has 0 atom stereocenters. The molecule has 0 aliphatic rings. The van der Waals surface area contributed by atoms with Crippen molar-refractivity contribution in [2.24, 2.45) is 0 Å². The van der Waals surface area contributed by atoms with Crippen molar-refractivity contribution in [1.29, 1.82) is 0 Å². The minimum atomic E-state index is -0.525. The fourth-order valence-corrected chi connectivity index (χ4v) is 5.66. The first-order valence-electron chi connectivity index (χ1n) is 17.7. The van der Waals surface area contributed by atoms with Gasteiger partial charge in [0, 0.05) is 24.3 Å². The van der Waals surface area contributed by atoms with Gasteiger partial charge < -0.3 is 10.6 Å². The van der Waals surface area contributed by atoms with Gasteiger partial charge in [0.25, 0.3) is 0 Å². The van der Waals surface area contributed by atoms with Crippen LogP contribution in [0.15, 0.2) is 121 Å². The number of rotatable bonds is 20. The highest BCUT2D eigenvalue weighted by Gasteiger charge is 2.21. The number of hydrogen-bond donors (Lipinski definition) is 3. The van der Waals surface area contributed by atoms with Gasteiger partial charge in [-0.25, -0.2) is 9.59 Å². The first-order chi connectivity index (χ1) is 24.5. The molecule has 0 saturated carbocycles. The van der Waals surface area contributed by atoms with E-state index in [2.05, 4.69) is 16.0 Å². The van der Waals surface area contributed by atoms with E-state index < -0.39 is 12.1 Å². The fourth-order valence-electron chi connectivity index (χ4n) is 5.66.